The Labute approximate surface area is 864 Å². The van der Waals surface area contributed by atoms with Gasteiger partial charge in [-0.3, -0.25) is 28.8 Å². The lowest BCUT2D eigenvalue weighted by Gasteiger charge is -2.32. The number of Topliss-reactive ketones (excluding diaryl/α,β-unsaturated/α-hetero) is 5. The van der Waals surface area contributed by atoms with Gasteiger partial charge in [-0.05, 0) is 223 Å². The Morgan fingerprint density at radius 1 is 0.455 bits per heavy atom. The molecule has 0 aliphatic heterocycles. The van der Waals surface area contributed by atoms with Crippen molar-refractivity contribution in [3.63, 3.8) is 0 Å². The molecular formula is C129H171NO11S2. The first-order valence-electron chi connectivity index (χ1n) is 52.0. The highest BCUT2D eigenvalue weighted by Gasteiger charge is 2.33. The van der Waals surface area contributed by atoms with Gasteiger partial charge in [0.25, 0.3) is 0 Å². The molecule has 3 unspecified atom stereocenters. The maximum Gasteiger partial charge on any atom is 0.179 e. The number of aryl methyl sites for hydroxylation is 1. The van der Waals surface area contributed by atoms with Crippen LogP contribution < -0.4 is 4.74 Å². The second-order valence-electron chi connectivity index (χ2n) is 41.7. The van der Waals surface area contributed by atoms with Gasteiger partial charge in [0.1, 0.15) is 34.7 Å². The number of ketones is 6. The predicted octanol–water partition coefficient (Wildman–Crippen LogP) is 32.7. The summed E-state index contributed by atoms with van der Waals surface area (Å²) in [4.78, 5) is 72.2. The minimum absolute atomic E-state index is 0.00623. The minimum Gasteiger partial charge on any atom is -0.493 e. The molecule has 0 fully saturated rings. The Morgan fingerprint density at radius 3 is 1.30 bits per heavy atom. The lowest BCUT2D eigenvalue weighted by molar-refractivity contribution is -0.127. The third kappa shape index (κ3) is 46.1. The van der Waals surface area contributed by atoms with Gasteiger partial charge in [0.05, 0.1) is 39.5 Å². The quantitative estimate of drug-likeness (QED) is 0.0199. The molecule has 0 heterocycles. The van der Waals surface area contributed by atoms with Crippen molar-refractivity contribution < 1.29 is 50.3 Å². The Morgan fingerprint density at radius 2 is 0.881 bits per heavy atom. The molecule has 0 N–H and O–H groups in total. The number of benzene rings is 9. The average Bonchev–Trinajstić information content (AvgIpc) is 0.806. The molecule has 1 aliphatic rings. The van der Waals surface area contributed by atoms with E-state index < -0.39 is 31.5 Å². The summed E-state index contributed by atoms with van der Waals surface area (Å²) in [5.74, 6) is 2.58. The SMILES string of the molecule is C=C(CCOc1ccc(-c2ccc(C#N)cc2)cc1)C(C)C.CC(C)C(=O)C(CS(=O)(=O)c1ccc(-c2ccccc2)cc1)C(C)C.CC(C)C(=O)C(Cc1ccccc1)CS(=O)(=O)c1ccc(-c2ccccc2)cc1.CC(C)C(=O)CCCc1ccccc1.CC(C)Cc1ccc(C(C)C(=O)C(C)C)cc1.CC1=C(/C=C/C(C)=C/C=C/C(C)=C/C(=O)C(C)C)C(C)(C)CCC1.CCCC(CCC)C(=O)C(C)C. The number of nitrogens with zero attached hydrogens (tertiary/aromatic N) is 1. The number of rotatable bonds is 43. The number of ether oxygens (including phenoxy) is 1. The first-order valence-corrected chi connectivity index (χ1v) is 55.3. The van der Waals surface area contributed by atoms with Gasteiger partial charge >= 0.3 is 0 Å². The zero-order chi connectivity index (χ0) is 107. The third-order valence-corrected chi connectivity index (χ3v) is 29.3. The molecular weight excluding hydrogens is 1800 g/mol. The van der Waals surface area contributed by atoms with E-state index in [4.69, 9.17) is 10.00 Å². The summed E-state index contributed by atoms with van der Waals surface area (Å²) in [5, 5.41) is 8.82. The van der Waals surface area contributed by atoms with Gasteiger partial charge in [-0.15, -0.1) is 0 Å². The fraction of sp³-hybridized carbons (Fsp3) is 0.434. The first-order chi connectivity index (χ1) is 67.6. The highest BCUT2D eigenvalue weighted by Crippen LogP contribution is 2.41. The van der Waals surface area contributed by atoms with E-state index in [0.717, 1.165) is 107 Å². The van der Waals surface area contributed by atoms with Crippen molar-refractivity contribution in [1.82, 2.24) is 0 Å². The number of nitriles is 1. The molecule has 770 valence electrons. The summed E-state index contributed by atoms with van der Waals surface area (Å²) in [7, 11) is -7.08. The van der Waals surface area contributed by atoms with Crippen molar-refractivity contribution in [3.05, 3.63) is 341 Å². The summed E-state index contributed by atoms with van der Waals surface area (Å²) in [6.07, 6.45) is 25.6. The van der Waals surface area contributed by atoms with E-state index in [1.54, 1.807) is 30.3 Å². The van der Waals surface area contributed by atoms with Crippen LogP contribution in [0.3, 0.4) is 0 Å². The molecule has 0 bridgehead atoms. The van der Waals surface area contributed by atoms with Crippen LogP contribution in [0.4, 0.5) is 0 Å². The molecule has 12 nitrogen and oxygen atoms in total. The molecule has 0 amide bonds. The lowest BCUT2D eigenvalue weighted by Crippen LogP contribution is -2.31. The van der Waals surface area contributed by atoms with Gasteiger partial charge < -0.3 is 4.74 Å². The molecule has 9 aromatic carbocycles. The molecule has 14 heteroatoms. The Balaban J connectivity index is 0.000000354. The zero-order valence-corrected chi connectivity index (χ0v) is 93.0. The van der Waals surface area contributed by atoms with Crippen LogP contribution in [0.5, 0.6) is 5.75 Å². The van der Waals surface area contributed by atoms with Gasteiger partial charge in [-0.25, -0.2) is 16.8 Å². The van der Waals surface area contributed by atoms with Crippen LogP contribution in [-0.2, 0) is 67.7 Å². The maximum absolute atomic E-state index is 13.1. The van der Waals surface area contributed by atoms with Crippen molar-refractivity contribution in [2.75, 3.05) is 18.1 Å². The van der Waals surface area contributed by atoms with Crippen LogP contribution >= 0.6 is 0 Å². The van der Waals surface area contributed by atoms with Crippen molar-refractivity contribution in [2.24, 2.45) is 76.4 Å². The van der Waals surface area contributed by atoms with Crippen LogP contribution in [0.15, 0.2) is 323 Å². The van der Waals surface area contributed by atoms with Gasteiger partial charge in [-0.2, -0.15) is 5.26 Å². The van der Waals surface area contributed by atoms with E-state index in [0.29, 0.717) is 60.1 Å². The van der Waals surface area contributed by atoms with Crippen LogP contribution in [0.1, 0.15) is 278 Å². The monoisotopic (exact) mass is 1970 g/mol. The van der Waals surface area contributed by atoms with Gasteiger partial charge in [-0.1, -0.05) is 420 Å². The minimum atomic E-state index is -3.58. The molecule has 0 saturated carbocycles. The van der Waals surface area contributed by atoms with Gasteiger partial charge in [0.15, 0.2) is 25.5 Å². The Kier molecular flexibility index (Phi) is 55.8. The fourth-order valence-electron chi connectivity index (χ4n) is 16.5. The Bertz CT molecular complexity index is 5780. The van der Waals surface area contributed by atoms with Crippen LogP contribution in [0, 0.1) is 87.8 Å². The molecule has 10 rings (SSSR count). The fourth-order valence-corrected chi connectivity index (χ4v) is 19.8. The first kappa shape index (κ1) is 124. The van der Waals surface area contributed by atoms with E-state index in [1.807, 2.05) is 305 Å². The summed E-state index contributed by atoms with van der Waals surface area (Å²) in [5.41, 5.74) is 18.4. The second-order valence-corrected chi connectivity index (χ2v) is 45.8. The largest absolute Gasteiger partial charge is 0.493 e. The summed E-state index contributed by atoms with van der Waals surface area (Å²) < 4.78 is 57.4. The van der Waals surface area contributed by atoms with Crippen molar-refractivity contribution in [3.8, 4) is 45.2 Å². The highest BCUT2D eigenvalue weighted by atomic mass is 32.2. The van der Waals surface area contributed by atoms with Crippen molar-refractivity contribution in [1.29, 1.82) is 5.26 Å². The van der Waals surface area contributed by atoms with Crippen LogP contribution in [-0.4, -0.2) is 69.6 Å². The Hall–Kier alpha value is -11.4. The van der Waals surface area contributed by atoms with E-state index in [-0.39, 0.29) is 91.4 Å². The number of hydrogen-bond acceptors (Lipinski definition) is 12. The summed E-state index contributed by atoms with van der Waals surface area (Å²) in [6.45, 7) is 57.6. The molecule has 0 saturated heterocycles. The molecule has 3 atom stereocenters. The number of sulfone groups is 2. The van der Waals surface area contributed by atoms with Gasteiger partial charge in [0, 0.05) is 72.0 Å². The standard InChI is InChI=1S/C25H26O3S.C23H34O.C21H26O3S.C20H21NO.C16H24O.C13H18O.C11H22O/c1-19(2)25(26)23(17-20-9-5-3-6-10-20)18-29(27,28)24-15-13-22(14-16-24)21-11-7-4-8-12-21;1-17(2)22(24)16-19(4)11-8-10-18(3)13-14-21-20(5)12-9-15-23(21,6)7;1-15(2)20(21(22)16(3)4)14-25(23,24)19-12-10-18(11-13-19)17-8-6-5-7-9-17;1-15(2)16(3)12-13-22-20-10-8-19(9-11-20)18-6-4-17(14-21)5-7-18;1-11(2)10-14-6-8-15(9-7-14)13(5)16(17)12(3)4;1-11(2)13(14)10-6-9-12-7-4-3-5-8-12;1-5-7-10(8-6-2)11(12)9(3)4/h3-16,19,23H,17-18H2,1-2H3;8,10-11,13-14,16-17H,9,12,15H2,1-7H3;5-13,15-16,20H,14H2,1-4H3;4-11,15H,3,12-13H2,1-2H3;6-9,11-13H,10H2,1-5H3;3-5,7-8,11H,6,9-10H2,1-2H3;9-10H,5-8H2,1-4H3/b;11-8+,14-13+,18-10+,19-16+;;;;;. The van der Waals surface area contributed by atoms with E-state index in [1.165, 1.54) is 52.7 Å². The molecule has 9 aromatic rings. The molecule has 143 heavy (non-hydrogen) atoms. The smallest absolute Gasteiger partial charge is 0.179 e. The number of hydrogen-bond donors (Lipinski definition) is 0. The number of carbonyl (C=O) groups is 6. The van der Waals surface area contributed by atoms with Crippen molar-refractivity contribution in [2.45, 2.75) is 279 Å². The van der Waals surface area contributed by atoms with Gasteiger partial charge in [0.2, 0.25) is 0 Å². The highest BCUT2D eigenvalue weighted by molar-refractivity contribution is 7.91. The van der Waals surface area contributed by atoms with Crippen molar-refractivity contribution >= 4 is 54.4 Å². The van der Waals surface area contributed by atoms with Crippen LogP contribution in [0.2, 0.25) is 0 Å². The normalized spacial score (nSPS) is 13.3. The zero-order valence-electron chi connectivity index (χ0n) is 91.3. The average molecular weight is 1980 g/mol. The third-order valence-electron chi connectivity index (χ3n) is 25.7. The topological polar surface area (TPSA) is 204 Å². The second kappa shape index (κ2) is 64.4. The molecule has 0 radical (unpaired) electrons. The maximum atomic E-state index is 13.1. The number of carbonyl (C=O) groups excluding carboxylic acids is 6. The summed E-state index contributed by atoms with van der Waals surface area (Å²) in [6, 6.07) is 79.6. The molecule has 1 aliphatic carbocycles. The lowest BCUT2D eigenvalue weighted by atomic mass is 9.72. The van der Waals surface area contributed by atoms with E-state index >= 15 is 0 Å². The van der Waals surface area contributed by atoms with E-state index in [2.05, 4.69) is 137 Å². The number of allylic oxidation sites excluding steroid dienone is 10. The van der Waals surface area contributed by atoms with E-state index in [9.17, 15) is 45.6 Å². The summed E-state index contributed by atoms with van der Waals surface area (Å²) >= 11 is 0. The molecule has 0 spiro atoms. The predicted molar refractivity (Wildman–Crippen MR) is 602 cm³/mol. The molecule has 0 aromatic heterocycles. The van der Waals surface area contributed by atoms with Crippen LogP contribution in [0.25, 0.3) is 33.4 Å².